The van der Waals surface area contributed by atoms with Gasteiger partial charge in [-0.3, -0.25) is 0 Å². The molecule has 5 nitrogen and oxygen atoms in total. The molecular weight excluding hydrogens is 288 g/mol. The molecule has 1 atom stereocenters. The number of esters is 1. The van der Waals surface area contributed by atoms with Gasteiger partial charge < -0.3 is 15.4 Å². The number of hydrogen-bond donors (Lipinski definition) is 2. The smallest absolute Gasteiger partial charge is 0.338 e. The molecular formula is C15H18N2O3S. The Balaban J connectivity index is 2.39. The molecule has 0 fully saturated rings. The molecule has 1 aromatic carbocycles. The molecule has 2 rings (SSSR count). The van der Waals surface area contributed by atoms with E-state index in [1.54, 1.807) is 25.6 Å². The first kappa shape index (κ1) is 15.4. The predicted molar refractivity (Wildman–Crippen MR) is 82.0 cm³/mol. The lowest BCUT2D eigenvalue weighted by Crippen LogP contribution is -2.45. The molecule has 2 amide bonds. The number of thioether (sulfide) groups is 1. The van der Waals surface area contributed by atoms with E-state index >= 15 is 0 Å². The van der Waals surface area contributed by atoms with E-state index in [2.05, 4.69) is 10.6 Å². The summed E-state index contributed by atoms with van der Waals surface area (Å²) in [5, 5.41) is 5.39. The van der Waals surface area contributed by atoms with Crippen molar-refractivity contribution in [2.45, 2.75) is 24.8 Å². The van der Waals surface area contributed by atoms with Crippen LogP contribution >= 0.6 is 11.8 Å². The Kier molecular flexibility index (Phi) is 4.90. The number of nitrogens with one attached hydrogen (secondary N) is 2. The van der Waals surface area contributed by atoms with Crippen LogP contribution in [0.5, 0.6) is 0 Å². The Morgan fingerprint density at radius 3 is 2.57 bits per heavy atom. The van der Waals surface area contributed by atoms with Crippen molar-refractivity contribution in [2.75, 3.05) is 12.9 Å². The number of amides is 2. The molecule has 1 aliphatic heterocycles. The number of carbonyl (C=O) groups excluding carboxylic acids is 2. The third kappa shape index (κ3) is 3.39. The Hall–Kier alpha value is -1.95. The molecule has 112 valence electrons. The van der Waals surface area contributed by atoms with E-state index in [1.807, 2.05) is 30.5 Å². The van der Waals surface area contributed by atoms with Crippen LogP contribution in [0.15, 0.2) is 40.4 Å². The fourth-order valence-electron chi connectivity index (χ4n) is 2.22. The van der Waals surface area contributed by atoms with Crippen molar-refractivity contribution in [1.29, 1.82) is 0 Å². The molecule has 1 aromatic rings. The van der Waals surface area contributed by atoms with Crippen LogP contribution in [-0.2, 0) is 9.53 Å². The molecule has 0 saturated heterocycles. The first-order valence-electron chi connectivity index (χ1n) is 6.66. The SMILES string of the molecule is CCOC(=O)C1=C(C)NC(=O)N[C@@H]1c1ccc(SC)cc1. The monoisotopic (exact) mass is 306 g/mol. The molecule has 0 aliphatic carbocycles. The third-order valence-electron chi connectivity index (χ3n) is 3.21. The van der Waals surface area contributed by atoms with Gasteiger partial charge in [0.05, 0.1) is 18.2 Å². The summed E-state index contributed by atoms with van der Waals surface area (Å²) in [6.07, 6.45) is 2.00. The average molecular weight is 306 g/mol. The summed E-state index contributed by atoms with van der Waals surface area (Å²) >= 11 is 1.64. The van der Waals surface area contributed by atoms with Crippen LogP contribution in [0.3, 0.4) is 0 Å². The highest BCUT2D eigenvalue weighted by atomic mass is 32.2. The highest BCUT2D eigenvalue weighted by Crippen LogP contribution is 2.28. The average Bonchev–Trinajstić information content (AvgIpc) is 2.46. The van der Waals surface area contributed by atoms with Gasteiger partial charge in [0, 0.05) is 10.6 Å². The lowest BCUT2D eigenvalue weighted by molar-refractivity contribution is -0.139. The Labute approximate surface area is 128 Å². The van der Waals surface area contributed by atoms with Gasteiger partial charge in [0.15, 0.2) is 0 Å². The van der Waals surface area contributed by atoms with E-state index in [0.29, 0.717) is 17.9 Å². The number of hydrogen-bond acceptors (Lipinski definition) is 4. The third-order valence-corrected chi connectivity index (χ3v) is 3.96. The minimum atomic E-state index is -0.492. The summed E-state index contributed by atoms with van der Waals surface area (Å²) in [5.41, 5.74) is 1.81. The van der Waals surface area contributed by atoms with Crippen molar-refractivity contribution >= 4 is 23.8 Å². The second-order valence-electron chi connectivity index (χ2n) is 4.56. The number of carbonyl (C=O) groups is 2. The lowest BCUT2D eigenvalue weighted by atomic mass is 9.96. The van der Waals surface area contributed by atoms with Gasteiger partial charge in [-0.2, -0.15) is 0 Å². The van der Waals surface area contributed by atoms with Crippen LogP contribution in [0.2, 0.25) is 0 Å². The lowest BCUT2D eigenvalue weighted by Gasteiger charge is -2.28. The summed E-state index contributed by atoms with van der Waals surface area (Å²) in [6.45, 7) is 3.75. The van der Waals surface area contributed by atoms with Crippen molar-refractivity contribution in [3.05, 3.63) is 41.1 Å². The van der Waals surface area contributed by atoms with Gasteiger partial charge in [-0.15, -0.1) is 11.8 Å². The first-order valence-corrected chi connectivity index (χ1v) is 7.88. The first-order chi connectivity index (χ1) is 10.1. The number of rotatable bonds is 4. The van der Waals surface area contributed by atoms with E-state index < -0.39 is 12.0 Å². The van der Waals surface area contributed by atoms with Gasteiger partial charge in [0.1, 0.15) is 0 Å². The van der Waals surface area contributed by atoms with Gasteiger partial charge >= 0.3 is 12.0 Å². The van der Waals surface area contributed by atoms with Crippen LogP contribution < -0.4 is 10.6 Å². The van der Waals surface area contributed by atoms with Crippen molar-refractivity contribution in [3.63, 3.8) is 0 Å². The van der Waals surface area contributed by atoms with Crippen LogP contribution in [-0.4, -0.2) is 24.9 Å². The maximum atomic E-state index is 12.1. The van der Waals surface area contributed by atoms with Crippen LogP contribution in [0.1, 0.15) is 25.5 Å². The molecule has 0 unspecified atom stereocenters. The maximum absolute atomic E-state index is 12.1. The van der Waals surface area contributed by atoms with Crippen molar-refractivity contribution in [1.82, 2.24) is 10.6 Å². The molecule has 21 heavy (non-hydrogen) atoms. The molecule has 0 aromatic heterocycles. The zero-order valence-electron chi connectivity index (χ0n) is 12.2. The van der Waals surface area contributed by atoms with Crippen LogP contribution in [0.25, 0.3) is 0 Å². The molecule has 0 spiro atoms. The summed E-state index contributed by atoms with van der Waals surface area (Å²) in [6, 6.07) is 6.94. The van der Waals surface area contributed by atoms with Crippen LogP contribution in [0.4, 0.5) is 4.79 Å². The molecule has 6 heteroatoms. The second-order valence-corrected chi connectivity index (χ2v) is 5.44. The highest BCUT2D eigenvalue weighted by Gasteiger charge is 2.31. The van der Waals surface area contributed by atoms with Gasteiger partial charge in [-0.25, -0.2) is 9.59 Å². The topological polar surface area (TPSA) is 67.4 Å². The van der Waals surface area contributed by atoms with Gasteiger partial charge in [-0.1, -0.05) is 12.1 Å². The number of benzene rings is 1. The van der Waals surface area contributed by atoms with Crippen LogP contribution in [0, 0.1) is 0 Å². The Morgan fingerprint density at radius 1 is 1.33 bits per heavy atom. The van der Waals surface area contributed by atoms with Crippen molar-refractivity contribution in [2.24, 2.45) is 0 Å². The Bertz CT molecular complexity index is 581. The largest absolute Gasteiger partial charge is 0.463 e. The quantitative estimate of drug-likeness (QED) is 0.663. The standard InChI is InChI=1S/C15H18N2O3S/c1-4-20-14(18)12-9(2)16-15(19)17-13(12)10-5-7-11(21-3)8-6-10/h5-8,13H,4H2,1-3H3,(H2,16,17,19)/t13-/m1/s1. The fraction of sp³-hybridized carbons (Fsp3) is 0.333. The van der Waals surface area contributed by atoms with E-state index in [1.165, 1.54) is 0 Å². The summed E-state index contributed by atoms with van der Waals surface area (Å²) in [5.74, 6) is -0.415. The van der Waals surface area contributed by atoms with Crippen molar-refractivity contribution in [3.8, 4) is 0 Å². The maximum Gasteiger partial charge on any atom is 0.338 e. The normalized spacial score (nSPS) is 18.0. The minimum absolute atomic E-state index is 0.293. The summed E-state index contributed by atoms with van der Waals surface area (Å²) in [4.78, 5) is 25.0. The Morgan fingerprint density at radius 2 is 2.00 bits per heavy atom. The zero-order chi connectivity index (χ0) is 15.4. The number of allylic oxidation sites excluding steroid dienone is 1. The van der Waals surface area contributed by atoms with Crippen molar-refractivity contribution < 1.29 is 14.3 Å². The number of ether oxygens (including phenoxy) is 1. The highest BCUT2D eigenvalue weighted by molar-refractivity contribution is 7.98. The minimum Gasteiger partial charge on any atom is -0.463 e. The molecule has 1 heterocycles. The predicted octanol–water partition coefficient (Wildman–Crippen LogP) is 2.60. The van der Waals surface area contributed by atoms with E-state index in [9.17, 15) is 9.59 Å². The molecule has 0 bridgehead atoms. The van der Waals surface area contributed by atoms with E-state index in [4.69, 9.17) is 4.74 Å². The van der Waals surface area contributed by atoms with Gasteiger partial charge in [-0.05, 0) is 37.8 Å². The summed E-state index contributed by atoms with van der Waals surface area (Å²) in [7, 11) is 0. The number of urea groups is 1. The second kappa shape index (κ2) is 6.67. The van der Waals surface area contributed by atoms with Gasteiger partial charge in [0.25, 0.3) is 0 Å². The molecule has 0 radical (unpaired) electrons. The van der Waals surface area contributed by atoms with Gasteiger partial charge in [0.2, 0.25) is 0 Å². The molecule has 1 aliphatic rings. The summed E-state index contributed by atoms with van der Waals surface area (Å²) < 4.78 is 5.09. The van der Waals surface area contributed by atoms with E-state index in [0.717, 1.165) is 10.5 Å². The molecule has 0 saturated carbocycles. The molecule has 2 N–H and O–H groups in total. The zero-order valence-corrected chi connectivity index (χ0v) is 13.0. The fourth-order valence-corrected chi connectivity index (χ4v) is 2.63. The van der Waals surface area contributed by atoms with E-state index in [-0.39, 0.29) is 6.03 Å².